The molecule has 2 aromatic rings. The number of carbonyl (C=O) groups is 1. The van der Waals surface area contributed by atoms with E-state index in [1.165, 1.54) is 0 Å². The number of fused-ring (bicyclic) bond motifs is 1. The van der Waals surface area contributed by atoms with Crippen LogP contribution in [0.1, 0.15) is 69.5 Å². The van der Waals surface area contributed by atoms with E-state index in [9.17, 15) is 33.6 Å². The molecule has 1 fully saturated rings. The number of amides is 2. The highest BCUT2D eigenvalue weighted by Crippen LogP contribution is 2.40. The topological polar surface area (TPSA) is 181 Å². The number of nitrogens with one attached hydrogen (secondary N) is 3. The van der Waals surface area contributed by atoms with Gasteiger partial charge in [-0.1, -0.05) is 51.7 Å². The number of rotatable bonds is 11. The van der Waals surface area contributed by atoms with Gasteiger partial charge in [-0.05, 0) is 54.3 Å². The minimum absolute atomic E-state index is 0.00967. The lowest BCUT2D eigenvalue weighted by molar-refractivity contribution is -0.233. The van der Waals surface area contributed by atoms with Crippen LogP contribution < -0.4 is 20.9 Å². The fourth-order valence-electron chi connectivity index (χ4n) is 6.21. The van der Waals surface area contributed by atoms with Gasteiger partial charge in [0, 0.05) is 31.0 Å². The average molecular weight is 649 g/mol. The Hall–Kier alpha value is -2.78. The van der Waals surface area contributed by atoms with Crippen molar-refractivity contribution in [1.82, 2.24) is 10.6 Å². The van der Waals surface area contributed by atoms with Crippen molar-refractivity contribution in [3.63, 3.8) is 0 Å². The molecular weight excluding hydrogens is 600 g/mol. The second-order valence-corrected chi connectivity index (χ2v) is 14.4. The van der Waals surface area contributed by atoms with Crippen LogP contribution in [0.25, 0.3) is 0 Å². The van der Waals surface area contributed by atoms with Gasteiger partial charge in [0.1, 0.15) is 24.4 Å². The summed E-state index contributed by atoms with van der Waals surface area (Å²) in [5, 5.41) is 48.9. The number of unbranched alkanes of at least 4 members (excludes halogenated alkanes) is 2. The van der Waals surface area contributed by atoms with Crippen molar-refractivity contribution in [2.75, 3.05) is 36.7 Å². The molecule has 0 aliphatic carbocycles. The van der Waals surface area contributed by atoms with E-state index in [1.807, 2.05) is 37.2 Å². The smallest absolute Gasteiger partial charge is 0.321 e. The molecule has 2 aliphatic rings. The fourth-order valence-corrected chi connectivity index (χ4v) is 8.28. The lowest BCUT2D eigenvalue weighted by atomic mass is 9.86. The molecule has 0 radical (unpaired) electrons. The summed E-state index contributed by atoms with van der Waals surface area (Å²) in [6, 6.07) is 11.3. The maximum Gasteiger partial charge on any atom is 0.321 e. The molecule has 0 spiro atoms. The molecule has 0 aromatic heterocycles. The summed E-state index contributed by atoms with van der Waals surface area (Å²) in [6.07, 6.45) is -2.34. The largest absolute Gasteiger partial charge is 0.394 e. The van der Waals surface area contributed by atoms with Gasteiger partial charge in [0.25, 0.3) is 0 Å². The molecule has 2 aliphatic heterocycles. The third-order valence-corrected chi connectivity index (χ3v) is 10.7. The van der Waals surface area contributed by atoms with Gasteiger partial charge in [-0.15, -0.1) is 0 Å². The number of nitrogens with zero attached hydrogens (tertiary/aromatic N) is 1. The summed E-state index contributed by atoms with van der Waals surface area (Å²) in [4.78, 5) is 15.2. The molecule has 0 bridgehead atoms. The van der Waals surface area contributed by atoms with Crippen LogP contribution >= 0.6 is 0 Å². The summed E-state index contributed by atoms with van der Waals surface area (Å²) in [5.41, 5.74) is 2.00. The van der Waals surface area contributed by atoms with Crippen LogP contribution in [0.3, 0.4) is 0 Å². The highest BCUT2D eigenvalue weighted by molar-refractivity contribution is 7.91. The molecule has 2 heterocycles. The van der Waals surface area contributed by atoms with Crippen LogP contribution in [0, 0.1) is 0 Å². The molecule has 2 amide bonds. The number of hydrogen-bond acceptors (Lipinski definition) is 10. The first-order chi connectivity index (χ1) is 21.3. The number of ether oxygens (including phenoxy) is 1. The van der Waals surface area contributed by atoms with Crippen LogP contribution in [-0.2, 0) is 14.6 Å². The molecule has 6 atom stereocenters. The van der Waals surface area contributed by atoms with Crippen LogP contribution in [0.2, 0.25) is 0 Å². The molecule has 0 saturated carbocycles. The highest BCUT2D eigenvalue weighted by atomic mass is 32.2. The zero-order valence-corrected chi connectivity index (χ0v) is 27.3. The number of aliphatic hydroxyl groups is 4. The highest BCUT2D eigenvalue weighted by Gasteiger charge is 2.45. The van der Waals surface area contributed by atoms with Crippen molar-refractivity contribution >= 4 is 27.2 Å². The van der Waals surface area contributed by atoms with Crippen LogP contribution in [0.4, 0.5) is 16.2 Å². The van der Waals surface area contributed by atoms with Gasteiger partial charge in [0.15, 0.2) is 16.1 Å². The van der Waals surface area contributed by atoms with Crippen LogP contribution in [-0.4, -0.2) is 97.5 Å². The quantitative estimate of drug-likeness (QED) is 0.191. The second kappa shape index (κ2) is 14.8. The van der Waals surface area contributed by atoms with Gasteiger partial charge in [0.05, 0.1) is 23.3 Å². The number of hydrogen-bond donors (Lipinski definition) is 7. The molecule has 250 valence electrons. The van der Waals surface area contributed by atoms with Gasteiger partial charge in [-0.3, -0.25) is 5.32 Å². The van der Waals surface area contributed by atoms with E-state index in [1.54, 1.807) is 24.3 Å². The SMILES string of the molecule is CCCCC1(CCCC)CS(=O)(=O)c2ccc(N(C)C)cc2[C@@H](c2cccc(NC(=O)N[C@@H]3O[C@H](CO)[C@@H](O)[C@H](O)[C@H]3O)c2)N1. The standard InChI is InChI=1S/C32H48N4O8S/c1-5-7-14-32(15-8-6-2)19-45(42,43)25-13-12-22(36(3)4)17-23(25)26(35-32)20-10-9-11-21(16-20)33-31(41)34-30-29(40)28(39)27(38)24(18-37)44-30/h9-13,16-17,24,26-30,35,37-40H,5-8,14-15,18-19H2,1-4H3,(H2,33,34,41)/t24-,26-,27-,28+,29-,30-/m1/s1. The maximum atomic E-state index is 14.0. The molecular formula is C32H48N4O8S. The van der Waals surface area contributed by atoms with E-state index in [-0.39, 0.29) is 5.75 Å². The van der Waals surface area contributed by atoms with Gasteiger partial charge in [-0.25, -0.2) is 13.2 Å². The summed E-state index contributed by atoms with van der Waals surface area (Å²) in [5.74, 6) is -0.00967. The number of carbonyl (C=O) groups excluding carboxylic acids is 1. The lowest BCUT2D eigenvalue weighted by Crippen LogP contribution is -2.63. The predicted octanol–water partition coefficient (Wildman–Crippen LogP) is 2.26. The lowest BCUT2D eigenvalue weighted by Gasteiger charge is -2.40. The molecule has 1 saturated heterocycles. The van der Waals surface area contributed by atoms with Crippen molar-refractivity contribution < 1.29 is 38.4 Å². The predicted molar refractivity (Wildman–Crippen MR) is 172 cm³/mol. The summed E-state index contributed by atoms with van der Waals surface area (Å²) >= 11 is 0. The third kappa shape index (κ3) is 7.97. The van der Waals surface area contributed by atoms with E-state index in [0.29, 0.717) is 29.0 Å². The first-order valence-electron chi connectivity index (χ1n) is 15.6. The molecule has 13 heteroatoms. The van der Waals surface area contributed by atoms with Crippen LogP contribution in [0.5, 0.6) is 0 Å². The first kappa shape index (κ1) is 35.1. The van der Waals surface area contributed by atoms with Crippen molar-refractivity contribution in [2.45, 2.75) is 99.5 Å². The molecule has 4 rings (SSSR count). The summed E-state index contributed by atoms with van der Waals surface area (Å²) in [6.45, 7) is 3.57. The average Bonchev–Trinajstić information content (AvgIpc) is 3.11. The Morgan fingerprint density at radius 2 is 1.71 bits per heavy atom. The van der Waals surface area contributed by atoms with E-state index >= 15 is 0 Å². The van der Waals surface area contributed by atoms with E-state index in [2.05, 4.69) is 29.8 Å². The first-order valence-corrected chi connectivity index (χ1v) is 17.3. The monoisotopic (exact) mass is 648 g/mol. The third-order valence-electron chi connectivity index (χ3n) is 8.73. The number of aliphatic hydroxyl groups excluding tert-OH is 4. The number of urea groups is 1. The molecule has 0 unspecified atom stereocenters. The van der Waals surface area contributed by atoms with E-state index in [4.69, 9.17) is 4.74 Å². The summed E-state index contributed by atoms with van der Waals surface area (Å²) in [7, 11) is 0.156. The van der Waals surface area contributed by atoms with E-state index < -0.39 is 64.7 Å². The Balaban J connectivity index is 1.70. The molecule has 45 heavy (non-hydrogen) atoms. The maximum absolute atomic E-state index is 14.0. The fraction of sp³-hybridized carbons (Fsp3) is 0.594. The number of sulfone groups is 1. The van der Waals surface area contributed by atoms with Gasteiger partial charge >= 0.3 is 6.03 Å². The van der Waals surface area contributed by atoms with Crippen molar-refractivity contribution in [1.29, 1.82) is 0 Å². The number of anilines is 2. The normalized spacial score (nSPS) is 27.2. The van der Waals surface area contributed by atoms with Gasteiger partial charge < -0.3 is 40.7 Å². The second-order valence-electron chi connectivity index (χ2n) is 12.4. The minimum atomic E-state index is -3.65. The summed E-state index contributed by atoms with van der Waals surface area (Å²) < 4.78 is 33.4. The molecule has 7 N–H and O–H groups in total. The number of benzene rings is 2. The van der Waals surface area contributed by atoms with Gasteiger partial charge in [0.2, 0.25) is 0 Å². The molecule has 12 nitrogen and oxygen atoms in total. The Morgan fingerprint density at radius 3 is 2.33 bits per heavy atom. The zero-order chi connectivity index (χ0) is 32.9. The van der Waals surface area contributed by atoms with E-state index in [0.717, 1.165) is 36.9 Å². The van der Waals surface area contributed by atoms with Gasteiger partial charge in [-0.2, -0.15) is 0 Å². The Morgan fingerprint density at radius 1 is 1.02 bits per heavy atom. The minimum Gasteiger partial charge on any atom is -0.394 e. The van der Waals surface area contributed by atoms with Crippen LogP contribution in [0.15, 0.2) is 47.4 Å². The van der Waals surface area contributed by atoms with Crippen molar-refractivity contribution in [2.24, 2.45) is 0 Å². The Labute approximate surface area is 265 Å². The zero-order valence-electron chi connectivity index (χ0n) is 26.4. The Bertz CT molecular complexity index is 1410. The molecule has 2 aromatic carbocycles. The Kier molecular flexibility index (Phi) is 11.5. The van der Waals surface area contributed by atoms with Crippen molar-refractivity contribution in [3.8, 4) is 0 Å². The van der Waals surface area contributed by atoms with Crippen molar-refractivity contribution in [3.05, 3.63) is 53.6 Å².